The van der Waals surface area contributed by atoms with E-state index in [1.807, 2.05) is 0 Å². The molecule has 0 radical (unpaired) electrons. The molecule has 13 heavy (non-hydrogen) atoms. The van der Waals surface area contributed by atoms with Gasteiger partial charge in [0.25, 0.3) is 0 Å². The summed E-state index contributed by atoms with van der Waals surface area (Å²) in [6, 6.07) is 0.795. The molecule has 2 N–H and O–H groups in total. The van der Waals surface area contributed by atoms with Crippen molar-refractivity contribution in [3.63, 3.8) is 0 Å². The van der Waals surface area contributed by atoms with Crippen molar-refractivity contribution in [2.24, 2.45) is 0 Å². The van der Waals surface area contributed by atoms with Crippen molar-refractivity contribution in [2.75, 3.05) is 0 Å². The minimum absolute atomic E-state index is 0.167. The first kappa shape index (κ1) is 10.9. The largest absolute Gasteiger partial charge is 0.494 e. The highest BCUT2D eigenvalue weighted by molar-refractivity contribution is 9.10. The third-order valence-corrected chi connectivity index (χ3v) is 2.71. The van der Waals surface area contributed by atoms with E-state index in [9.17, 15) is 8.78 Å². The summed E-state index contributed by atoms with van der Waals surface area (Å²) in [5.41, 5.74) is -0.823. The summed E-state index contributed by atoms with van der Waals surface area (Å²) in [4.78, 5) is 0. The highest BCUT2D eigenvalue weighted by Gasteiger charge is 2.25. The van der Waals surface area contributed by atoms with Gasteiger partial charge in [0.2, 0.25) is 0 Å². The molecule has 0 saturated carbocycles. The molecule has 1 rings (SSSR count). The molecule has 0 amide bonds. The lowest BCUT2D eigenvalue weighted by atomic mass is 9.79. The summed E-state index contributed by atoms with van der Waals surface area (Å²) in [6.07, 6.45) is 0. The third-order valence-electron chi connectivity index (χ3n) is 1.41. The molecule has 70 valence electrons. The molecule has 7 heteroatoms. The normalized spacial score (nSPS) is 10.3. The molecule has 0 spiro atoms. The van der Waals surface area contributed by atoms with E-state index in [0.29, 0.717) is 0 Å². The van der Waals surface area contributed by atoms with Crippen LogP contribution in [0.4, 0.5) is 8.78 Å². The van der Waals surface area contributed by atoms with Crippen LogP contribution in [0.3, 0.4) is 0 Å². The van der Waals surface area contributed by atoms with Crippen LogP contribution >= 0.6 is 27.5 Å². The van der Waals surface area contributed by atoms with Crippen LogP contribution in [-0.4, -0.2) is 17.2 Å². The smallest absolute Gasteiger partial charge is 0.423 e. The predicted octanol–water partition coefficient (Wildman–Crippen LogP) is 1.06. The van der Waals surface area contributed by atoms with E-state index < -0.39 is 24.2 Å². The zero-order valence-electron chi connectivity index (χ0n) is 6.06. The van der Waals surface area contributed by atoms with Crippen molar-refractivity contribution in [3.8, 4) is 0 Å². The van der Waals surface area contributed by atoms with E-state index in [4.69, 9.17) is 21.6 Å². The summed E-state index contributed by atoms with van der Waals surface area (Å²) in [5, 5.41) is 17.1. The fourth-order valence-corrected chi connectivity index (χ4v) is 1.32. The van der Waals surface area contributed by atoms with Crippen LogP contribution in [0.15, 0.2) is 10.5 Å². The van der Waals surface area contributed by atoms with Crippen LogP contribution in [0.1, 0.15) is 0 Å². The van der Waals surface area contributed by atoms with E-state index in [0.717, 1.165) is 6.07 Å². The molecule has 0 aliphatic heterocycles. The van der Waals surface area contributed by atoms with Gasteiger partial charge in [-0.3, -0.25) is 0 Å². The van der Waals surface area contributed by atoms with E-state index in [1.54, 1.807) is 0 Å². The third kappa shape index (κ3) is 2.02. The second-order valence-electron chi connectivity index (χ2n) is 2.26. The molecule has 1 aromatic rings. The van der Waals surface area contributed by atoms with Gasteiger partial charge in [-0.15, -0.1) is 0 Å². The molecule has 0 bridgehead atoms. The molecule has 0 aliphatic rings. The molecule has 0 aliphatic carbocycles. The molecule has 0 atom stereocenters. The summed E-state index contributed by atoms with van der Waals surface area (Å²) in [5.74, 6) is -2.21. The highest BCUT2D eigenvalue weighted by atomic mass is 79.9. The maximum absolute atomic E-state index is 13.1. The number of rotatable bonds is 1. The van der Waals surface area contributed by atoms with Crippen molar-refractivity contribution in [3.05, 3.63) is 27.2 Å². The predicted molar refractivity (Wildman–Crippen MR) is 48.9 cm³/mol. The SMILES string of the molecule is OB(O)c1c(F)cc(Cl)c(Br)c1F. The van der Waals surface area contributed by atoms with Gasteiger partial charge < -0.3 is 10.0 Å². The minimum atomic E-state index is -2.20. The minimum Gasteiger partial charge on any atom is -0.423 e. The number of hydrogen-bond acceptors (Lipinski definition) is 2. The van der Waals surface area contributed by atoms with E-state index in [-0.39, 0.29) is 9.50 Å². The lowest BCUT2D eigenvalue weighted by Crippen LogP contribution is -2.36. The van der Waals surface area contributed by atoms with Gasteiger partial charge in [-0.2, -0.15) is 0 Å². The van der Waals surface area contributed by atoms with Crippen molar-refractivity contribution < 1.29 is 18.8 Å². The second-order valence-corrected chi connectivity index (χ2v) is 3.46. The first-order valence-corrected chi connectivity index (χ1v) is 4.31. The molecule has 0 aromatic heterocycles. The standard InChI is InChI=1S/C6H3BBrClF2O2/c8-5-2(9)1-3(10)4(6(5)11)7(12)13/h1,12-13H. The summed E-state index contributed by atoms with van der Waals surface area (Å²) in [7, 11) is -2.20. The summed E-state index contributed by atoms with van der Waals surface area (Å²) in [6.45, 7) is 0. The molecule has 0 unspecified atom stereocenters. The van der Waals surface area contributed by atoms with Crippen LogP contribution in [0.5, 0.6) is 0 Å². The van der Waals surface area contributed by atoms with Crippen LogP contribution in [0, 0.1) is 11.6 Å². The van der Waals surface area contributed by atoms with Crippen molar-refractivity contribution in [2.45, 2.75) is 0 Å². The van der Waals surface area contributed by atoms with E-state index in [2.05, 4.69) is 15.9 Å². The van der Waals surface area contributed by atoms with Gasteiger partial charge in [-0.05, 0) is 22.0 Å². The van der Waals surface area contributed by atoms with Gasteiger partial charge in [-0.1, -0.05) is 11.6 Å². The van der Waals surface area contributed by atoms with E-state index >= 15 is 0 Å². The first-order chi connectivity index (χ1) is 5.95. The summed E-state index contributed by atoms with van der Waals surface area (Å²) >= 11 is 8.14. The Labute approximate surface area is 86.4 Å². The quantitative estimate of drug-likeness (QED) is 0.455. The van der Waals surface area contributed by atoms with Crippen LogP contribution in [0.25, 0.3) is 0 Å². The zero-order chi connectivity index (χ0) is 10.2. The van der Waals surface area contributed by atoms with Gasteiger partial charge in [0.05, 0.1) is 15.0 Å². The Hall–Kier alpha value is -0.165. The fraction of sp³-hybridized carbons (Fsp3) is 0. The molecule has 2 nitrogen and oxygen atoms in total. The Morgan fingerprint density at radius 2 is 1.92 bits per heavy atom. The maximum Gasteiger partial charge on any atom is 0.494 e. The number of hydrogen-bond donors (Lipinski definition) is 2. The topological polar surface area (TPSA) is 40.5 Å². The first-order valence-electron chi connectivity index (χ1n) is 3.14. The van der Waals surface area contributed by atoms with Crippen molar-refractivity contribution in [1.82, 2.24) is 0 Å². The van der Waals surface area contributed by atoms with E-state index in [1.165, 1.54) is 0 Å². The Balaban J connectivity index is 3.44. The molecule has 0 heterocycles. The Bertz CT molecular complexity index is 348. The molecular formula is C6H3BBrClF2O2. The molecule has 0 fully saturated rings. The van der Waals surface area contributed by atoms with Gasteiger partial charge in [0, 0.05) is 0 Å². The van der Waals surface area contributed by atoms with Crippen molar-refractivity contribution >= 4 is 40.1 Å². The fourth-order valence-electron chi connectivity index (χ4n) is 0.817. The Morgan fingerprint density at radius 3 is 2.38 bits per heavy atom. The van der Waals surface area contributed by atoms with Gasteiger partial charge in [-0.25, -0.2) is 8.78 Å². The lowest BCUT2D eigenvalue weighted by molar-refractivity contribution is 0.419. The molecular weight excluding hydrogens is 268 g/mol. The number of halogens is 4. The maximum atomic E-state index is 13.1. The van der Waals surface area contributed by atoms with Crippen molar-refractivity contribution in [1.29, 1.82) is 0 Å². The monoisotopic (exact) mass is 270 g/mol. The molecule has 1 aromatic carbocycles. The van der Waals surface area contributed by atoms with Crippen LogP contribution in [0.2, 0.25) is 5.02 Å². The Kier molecular flexibility index (Phi) is 3.29. The second kappa shape index (κ2) is 3.92. The highest BCUT2D eigenvalue weighted by Crippen LogP contribution is 2.25. The van der Waals surface area contributed by atoms with Gasteiger partial charge in [0.15, 0.2) is 0 Å². The van der Waals surface area contributed by atoms with Crippen LogP contribution < -0.4 is 5.46 Å². The molecule has 0 saturated heterocycles. The van der Waals surface area contributed by atoms with Gasteiger partial charge in [0.1, 0.15) is 11.6 Å². The zero-order valence-corrected chi connectivity index (χ0v) is 8.40. The Morgan fingerprint density at radius 1 is 1.38 bits per heavy atom. The number of benzene rings is 1. The average molecular weight is 271 g/mol. The summed E-state index contributed by atoms with van der Waals surface area (Å²) < 4.78 is 25.8. The van der Waals surface area contributed by atoms with Crippen LogP contribution in [-0.2, 0) is 0 Å². The van der Waals surface area contributed by atoms with Gasteiger partial charge >= 0.3 is 7.12 Å². The average Bonchev–Trinajstić information content (AvgIpc) is 1.99. The lowest BCUT2D eigenvalue weighted by Gasteiger charge is -2.06.